The fraction of sp³-hybridized carbons (Fsp3) is 0.368. The van der Waals surface area contributed by atoms with Crippen molar-refractivity contribution in [1.29, 1.82) is 0 Å². The number of benzene rings is 1. The van der Waals surface area contributed by atoms with Gasteiger partial charge in [-0.1, -0.05) is 6.07 Å². The molecule has 0 aliphatic carbocycles. The summed E-state index contributed by atoms with van der Waals surface area (Å²) in [6, 6.07) is 5.83. The third-order valence-corrected chi connectivity index (χ3v) is 4.92. The fourth-order valence-corrected chi connectivity index (χ4v) is 3.48. The van der Waals surface area contributed by atoms with Gasteiger partial charge in [-0.3, -0.25) is 9.36 Å². The molecule has 1 aromatic carbocycles. The van der Waals surface area contributed by atoms with E-state index in [2.05, 4.69) is 20.3 Å². The molecule has 4 atom stereocenters. The van der Waals surface area contributed by atoms with Crippen molar-refractivity contribution in [2.24, 2.45) is 0 Å². The Morgan fingerprint density at radius 3 is 2.97 bits per heavy atom. The number of amides is 1. The summed E-state index contributed by atoms with van der Waals surface area (Å²) in [6.07, 6.45) is -0.183. The summed E-state index contributed by atoms with van der Waals surface area (Å²) >= 11 is 0. The van der Waals surface area contributed by atoms with Gasteiger partial charge in [0.25, 0.3) is 5.91 Å². The monoisotopic (exact) mass is 414 g/mol. The van der Waals surface area contributed by atoms with Crippen LogP contribution in [0.1, 0.15) is 23.5 Å². The number of anilines is 1. The molecule has 0 spiro atoms. The zero-order chi connectivity index (χ0) is 21.3. The maximum atomic E-state index is 12.9. The number of nitrogens with two attached hydrogens (primary N) is 1. The number of nitrogens with one attached hydrogen (secondary N) is 1. The molecule has 1 aliphatic rings. The van der Waals surface area contributed by atoms with Crippen molar-refractivity contribution in [3.63, 3.8) is 0 Å². The average molecular weight is 414 g/mol. The molecule has 0 unspecified atom stereocenters. The van der Waals surface area contributed by atoms with E-state index in [0.717, 1.165) is 0 Å². The minimum Gasteiger partial charge on any atom is -0.494 e. The van der Waals surface area contributed by atoms with Crippen LogP contribution in [0.5, 0.6) is 5.75 Å². The minimum atomic E-state index is -1.16. The number of imidazole rings is 1. The molecule has 2 aromatic heterocycles. The molecule has 1 amide bonds. The highest BCUT2D eigenvalue weighted by Gasteiger charge is 2.46. The van der Waals surface area contributed by atoms with Gasteiger partial charge >= 0.3 is 0 Å². The van der Waals surface area contributed by atoms with Crippen molar-refractivity contribution >= 4 is 22.9 Å². The Hall–Kier alpha value is -3.28. The number of aliphatic hydroxyl groups excluding tert-OH is 2. The molecule has 1 aliphatic heterocycles. The van der Waals surface area contributed by atoms with Crippen LogP contribution < -0.4 is 15.8 Å². The Morgan fingerprint density at radius 2 is 2.20 bits per heavy atom. The number of nitrogens with zero attached hydrogens (tertiary/aromatic N) is 4. The fourth-order valence-electron chi connectivity index (χ4n) is 3.48. The van der Waals surface area contributed by atoms with Crippen LogP contribution in [0.4, 0.5) is 5.82 Å². The molecule has 11 heteroatoms. The van der Waals surface area contributed by atoms with Gasteiger partial charge < -0.3 is 30.7 Å². The van der Waals surface area contributed by atoms with Crippen molar-refractivity contribution < 1.29 is 24.5 Å². The molecule has 4 rings (SSSR count). The number of rotatable bonds is 6. The number of fused-ring (bicyclic) bond motifs is 1. The maximum Gasteiger partial charge on any atom is 0.251 e. The molecular weight excluding hydrogens is 392 g/mol. The van der Waals surface area contributed by atoms with Crippen molar-refractivity contribution in [1.82, 2.24) is 24.8 Å². The van der Waals surface area contributed by atoms with Gasteiger partial charge in [0, 0.05) is 5.56 Å². The first-order chi connectivity index (χ1) is 14.5. The predicted molar refractivity (Wildman–Crippen MR) is 106 cm³/mol. The highest BCUT2D eigenvalue weighted by Crippen LogP contribution is 2.32. The molecule has 30 heavy (non-hydrogen) atoms. The molecule has 3 aromatic rings. The standard InChI is InChI=1S/C19H22N6O5/c1-2-29-11-5-3-4-10(6-11)18(28)24-13-15(27)12(7-26)30-19(13)25-9-23-14-16(20)21-8-22-17(14)25/h3-6,8-9,12-13,15,19,26-27H,2,7H2,1H3,(H,24,28)(H2,20,21,22)/t12-,13-,15-,19-/m1/s1. The Kier molecular flexibility index (Phi) is 5.48. The van der Waals surface area contributed by atoms with Gasteiger partial charge in [-0.05, 0) is 25.1 Å². The van der Waals surface area contributed by atoms with Crippen LogP contribution in [0.3, 0.4) is 0 Å². The van der Waals surface area contributed by atoms with E-state index in [1.54, 1.807) is 28.8 Å². The van der Waals surface area contributed by atoms with E-state index in [1.165, 1.54) is 12.7 Å². The van der Waals surface area contributed by atoms with E-state index in [9.17, 15) is 15.0 Å². The normalized spacial score (nSPS) is 23.6. The second-order valence-corrected chi connectivity index (χ2v) is 6.78. The van der Waals surface area contributed by atoms with E-state index in [1.807, 2.05) is 6.92 Å². The minimum absolute atomic E-state index is 0.198. The zero-order valence-corrected chi connectivity index (χ0v) is 16.2. The molecule has 3 heterocycles. The van der Waals surface area contributed by atoms with Crippen LogP contribution in [-0.4, -0.2) is 67.1 Å². The summed E-state index contributed by atoms with van der Waals surface area (Å²) < 4.78 is 12.8. The van der Waals surface area contributed by atoms with Crippen LogP contribution in [0.2, 0.25) is 0 Å². The van der Waals surface area contributed by atoms with Crippen molar-refractivity contribution in [3.05, 3.63) is 42.5 Å². The molecule has 0 saturated carbocycles. The summed E-state index contributed by atoms with van der Waals surface area (Å²) in [5, 5.41) is 23.0. The quantitative estimate of drug-likeness (QED) is 0.431. The molecule has 5 N–H and O–H groups in total. The SMILES string of the molecule is CCOc1cccc(C(=O)N[C@@H]2[C@H](O)[C@@H](CO)O[C@H]2n2cnc3c(N)ncnc32)c1. The van der Waals surface area contributed by atoms with Gasteiger partial charge in [0.05, 0.1) is 19.5 Å². The lowest BCUT2D eigenvalue weighted by molar-refractivity contribution is -0.0440. The number of hydrogen-bond acceptors (Lipinski definition) is 9. The first kappa shape index (κ1) is 20.0. The molecule has 1 saturated heterocycles. The lowest BCUT2D eigenvalue weighted by Gasteiger charge is -2.23. The third kappa shape index (κ3) is 3.54. The summed E-state index contributed by atoms with van der Waals surface area (Å²) in [6.45, 7) is 1.90. The van der Waals surface area contributed by atoms with Crippen LogP contribution in [0, 0.1) is 0 Å². The number of ether oxygens (including phenoxy) is 2. The van der Waals surface area contributed by atoms with Crippen LogP contribution in [0.25, 0.3) is 11.2 Å². The van der Waals surface area contributed by atoms with Gasteiger partial charge in [0.1, 0.15) is 35.8 Å². The van der Waals surface area contributed by atoms with Crippen LogP contribution in [0.15, 0.2) is 36.9 Å². The van der Waals surface area contributed by atoms with Gasteiger partial charge in [0.2, 0.25) is 0 Å². The van der Waals surface area contributed by atoms with Gasteiger partial charge in [-0.25, -0.2) is 15.0 Å². The van der Waals surface area contributed by atoms with E-state index >= 15 is 0 Å². The second-order valence-electron chi connectivity index (χ2n) is 6.78. The molecule has 0 radical (unpaired) electrons. The zero-order valence-electron chi connectivity index (χ0n) is 16.2. The highest BCUT2D eigenvalue weighted by molar-refractivity contribution is 5.94. The molecule has 11 nitrogen and oxygen atoms in total. The Bertz CT molecular complexity index is 1060. The number of hydrogen-bond donors (Lipinski definition) is 4. The van der Waals surface area contributed by atoms with Gasteiger partial charge in [-0.2, -0.15) is 0 Å². The summed E-state index contributed by atoms with van der Waals surface area (Å²) in [5.74, 6) is 0.335. The number of carbonyl (C=O) groups is 1. The Morgan fingerprint density at radius 1 is 1.37 bits per heavy atom. The predicted octanol–water partition coefficient (Wildman–Crippen LogP) is -0.144. The number of aliphatic hydroxyl groups is 2. The molecule has 1 fully saturated rings. The first-order valence-corrected chi connectivity index (χ1v) is 9.44. The largest absolute Gasteiger partial charge is 0.494 e. The van der Waals surface area contributed by atoms with E-state index in [0.29, 0.717) is 29.1 Å². The van der Waals surface area contributed by atoms with Gasteiger partial charge in [-0.15, -0.1) is 0 Å². The number of carbonyl (C=O) groups excluding carboxylic acids is 1. The first-order valence-electron chi connectivity index (χ1n) is 9.44. The number of aromatic nitrogens is 4. The summed E-state index contributed by atoms with van der Waals surface area (Å²) in [5.41, 5.74) is 6.96. The topological polar surface area (TPSA) is 158 Å². The van der Waals surface area contributed by atoms with Crippen LogP contribution in [-0.2, 0) is 4.74 Å². The van der Waals surface area contributed by atoms with Gasteiger partial charge in [0.15, 0.2) is 17.7 Å². The molecule has 0 bridgehead atoms. The molecular formula is C19H22N6O5. The molecule has 158 valence electrons. The lowest BCUT2D eigenvalue weighted by atomic mass is 10.1. The Balaban J connectivity index is 1.64. The maximum absolute atomic E-state index is 12.9. The highest BCUT2D eigenvalue weighted by atomic mass is 16.5. The lowest BCUT2D eigenvalue weighted by Crippen LogP contribution is -2.46. The second kappa shape index (κ2) is 8.22. The smallest absolute Gasteiger partial charge is 0.251 e. The summed E-state index contributed by atoms with van der Waals surface area (Å²) in [4.78, 5) is 25.2. The van der Waals surface area contributed by atoms with E-state index in [-0.39, 0.29) is 5.82 Å². The Labute approximate surface area is 171 Å². The van der Waals surface area contributed by atoms with Crippen molar-refractivity contribution in [2.75, 3.05) is 18.9 Å². The summed E-state index contributed by atoms with van der Waals surface area (Å²) in [7, 11) is 0. The van der Waals surface area contributed by atoms with Crippen molar-refractivity contribution in [2.45, 2.75) is 31.4 Å². The number of nitrogen functional groups attached to an aromatic ring is 1. The van der Waals surface area contributed by atoms with Crippen molar-refractivity contribution in [3.8, 4) is 5.75 Å². The third-order valence-electron chi connectivity index (χ3n) is 4.92. The van der Waals surface area contributed by atoms with Crippen LogP contribution >= 0.6 is 0 Å². The average Bonchev–Trinajstić information content (AvgIpc) is 3.31. The van der Waals surface area contributed by atoms with E-state index in [4.69, 9.17) is 15.2 Å². The van der Waals surface area contributed by atoms with E-state index < -0.39 is 37.0 Å².